The zero-order valence-electron chi connectivity index (χ0n) is 14.4. The van der Waals surface area contributed by atoms with Gasteiger partial charge >= 0.3 is 0 Å². The molecule has 1 unspecified atom stereocenters. The molecule has 2 aliphatic heterocycles. The van der Waals surface area contributed by atoms with E-state index in [0.29, 0.717) is 11.7 Å². The summed E-state index contributed by atoms with van der Waals surface area (Å²) in [5.41, 5.74) is 1.84. The molecule has 2 saturated heterocycles. The number of thiazole rings is 1. The summed E-state index contributed by atoms with van der Waals surface area (Å²) in [6.45, 7) is 5.97. The van der Waals surface area contributed by atoms with Crippen LogP contribution >= 0.6 is 11.3 Å². The minimum Gasteiger partial charge on any atom is -0.336 e. The quantitative estimate of drug-likeness (QED) is 0.908. The van der Waals surface area contributed by atoms with Crippen LogP contribution in [0, 0.1) is 0 Å². The zero-order chi connectivity index (χ0) is 17.1. The molecule has 2 aromatic rings. The van der Waals surface area contributed by atoms with Gasteiger partial charge in [-0.15, -0.1) is 11.3 Å². The highest BCUT2D eigenvalue weighted by Crippen LogP contribution is 2.21. The average molecular weight is 356 g/mol. The van der Waals surface area contributed by atoms with Crippen LogP contribution in [0.3, 0.4) is 0 Å². The normalized spacial score (nSPS) is 21.6. The second kappa shape index (κ2) is 7.64. The van der Waals surface area contributed by atoms with Crippen molar-refractivity contribution in [1.82, 2.24) is 20.1 Å². The summed E-state index contributed by atoms with van der Waals surface area (Å²) in [5.74, 6) is 0.0909. The molecule has 0 radical (unpaired) electrons. The summed E-state index contributed by atoms with van der Waals surface area (Å²) in [7, 11) is 0. The smallest absolute Gasteiger partial charge is 0.273 e. The summed E-state index contributed by atoms with van der Waals surface area (Å²) in [5, 5.41) is 6.31. The molecule has 1 N–H and O–H groups in total. The van der Waals surface area contributed by atoms with E-state index >= 15 is 0 Å². The molecular weight excluding hydrogens is 332 g/mol. The first-order valence-corrected chi connectivity index (χ1v) is 9.90. The van der Waals surface area contributed by atoms with Gasteiger partial charge in [-0.2, -0.15) is 0 Å². The van der Waals surface area contributed by atoms with Gasteiger partial charge in [-0.25, -0.2) is 4.98 Å². The third-order valence-electron chi connectivity index (χ3n) is 5.09. The molecule has 4 rings (SSSR count). The maximum absolute atomic E-state index is 12.8. The Bertz CT molecular complexity index is 711. The van der Waals surface area contributed by atoms with Crippen LogP contribution in [0.15, 0.2) is 35.7 Å². The van der Waals surface area contributed by atoms with Crippen LogP contribution in [0.4, 0.5) is 0 Å². The first kappa shape index (κ1) is 16.7. The van der Waals surface area contributed by atoms with Gasteiger partial charge in [0.25, 0.3) is 5.91 Å². The monoisotopic (exact) mass is 356 g/mol. The Balaban J connectivity index is 1.37. The van der Waals surface area contributed by atoms with Gasteiger partial charge in [0, 0.05) is 57.1 Å². The molecule has 132 valence electrons. The Hall–Kier alpha value is -1.76. The molecule has 0 spiro atoms. The van der Waals surface area contributed by atoms with Gasteiger partial charge in [0.05, 0.1) is 5.01 Å². The van der Waals surface area contributed by atoms with Crippen molar-refractivity contribution >= 4 is 17.2 Å². The first-order chi connectivity index (χ1) is 12.3. The predicted octanol–water partition coefficient (Wildman–Crippen LogP) is 1.85. The molecule has 5 nitrogen and oxygen atoms in total. The maximum Gasteiger partial charge on any atom is 0.273 e. The fourth-order valence-corrected chi connectivity index (χ4v) is 4.50. The minimum absolute atomic E-state index is 0.0909. The van der Waals surface area contributed by atoms with E-state index in [1.165, 1.54) is 5.56 Å². The maximum atomic E-state index is 12.8. The number of hydrogen-bond acceptors (Lipinski definition) is 5. The van der Waals surface area contributed by atoms with Gasteiger partial charge in [-0.1, -0.05) is 30.3 Å². The van der Waals surface area contributed by atoms with Gasteiger partial charge < -0.3 is 10.2 Å². The molecule has 2 aliphatic rings. The van der Waals surface area contributed by atoms with E-state index in [9.17, 15) is 4.79 Å². The molecule has 0 saturated carbocycles. The molecule has 6 heteroatoms. The number of piperazine rings is 1. The molecule has 1 atom stereocenters. The minimum atomic E-state index is 0.0909. The summed E-state index contributed by atoms with van der Waals surface area (Å²) in [6.07, 6.45) is 1.87. The Morgan fingerprint density at radius 3 is 2.80 bits per heavy atom. The van der Waals surface area contributed by atoms with Crippen molar-refractivity contribution in [2.24, 2.45) is 0 Å². The van der Waals surface area contributed by atoms with E-state index in [0.717, 1.165) is 57.1 Å². The van der Waals surface area contributed by atoms with Crippen molar-refractivity contribution in [2.45, 2.75) is 18.9 Å². The molecule has 1 amide bonds. The number of aromatic nitrogens is 1. The first-order valence-electron chi connectivity index (χ1n) is 9.02. The van der Waals surface area contributed by atoms with E-state index in [4.69, 9.17) is 0 Å². The fraction of sp³-hybridized carbons (Fsp3) is 0.474. The highest BCUT2D eigenvalue weighted by atomic mass is 32.1. The lowest BCUT2D eigenvalue weighted by Crippen LogP contribution is -2.49. The number of rotatable bonds is 4. The Morgan fingerprint density at radius 1 is 1.20 bits per heavy atom. The summed E-state index contributed by atoms with van der Waals surface area (Å²) in [6, 6.07) is 10.8. The van der Waals surface area contributed by atoms with Crippen LogP contribution in [0.1, 0.15) is 27.5 Å². The predicted molar refractivity (Wildman–Crippen MR) is 100 cm³/mol. The van der Waals surface area contributed by atoms with Crippen molar-refractivity contribution in [2.75, 3.05) is 39.3 Å². The Kier molecular flexibility index (Phi) is 5.10. The highest BCUT2D eigenvalue weighted by Gasteiger charge is 2.32. The van der Waals surface area contributed by atoms with Crippen LogP contribution in [-0.2, 0) is 6.42 Å². The zero-order valence-corrected chi connectivity index (χ0v) is 15.2. The number of benzene rings is 1. The lowest BCUT2D eigenvalue weighted by atomic mass is 10.2. The third-order valence-corrected chi connectivity index (χ3v) is 5.94. The van der Waals surface area contributed by atoms with Crippen LogP contribution in [0.25, 0.3) is 0 Å². The number of amides is 1. The van der Waals surface area contributed by atoms with Crippen LogP contribution in [0.5, 0.6) is 0 Å². The van der Waals surface area contributed by atoms with Gasteiger partial charge in [0.15, 0.2) is 0 Å². The van der Waals surface area contributed by atoms with Crippen molar-refractivity contribution in [3.63, 3.8) is 0 Å². The fourth-order valence-electron chi connectivity index (χ4n) is 3.69. The van der Waals surface area contributed by atoms with Gasteiger partial charge in [0.1, 0.15) is 5.69 Å². The van der Waals surface area contributed by atoms with Crippen molar-refractivity contribution in [3.8, 4) is 0 Å². The second-order valence-electron chi connectivity index (χ2n) is 6.77. The van der Waals surface area contributed by atoms with Crippen LogP contribution < -0.4 is 5.32 Å². The molecule has 1 aromatic carbocycles. The van der Waals surface area contributed by atoms with Gasteiger partial charge in [-0.05, 0) is 12.0 Å². The van der Waals surface area contributed by atoms with E-state index in [1.54, 1.807) is 11.3 Å². The summed E-state index contributed by atoms with van der Waals surface area (Å²) < 4.78 is 0. The molecular formula is C19H24N4OS. The van der Waals surface area contributed by atoms with Crippen molar-refractivity contribution < 1.29 is 4.79 Å². The standard InChI is InChI=1S/C19H24N4OS/c24-19(23-9-6-16(13-23)22-10-7-20-8-11-22)17-14-25-18(21-17)12-15-4-2-1-3-5-15/h1-5,14,16,20H,6-13H2. The van der Waals surface area contributed by atoms with Gasteiger partial charge in [-0.3, -0.25) is 9.69 Å². The van der Waals surface area contributed by atoms with Gasteiger partial charge in [0.2, 0.25) is 0 Å². The number of hydrogen-bond donors (Lipinski definition) is 1. The lowest BCUT2D eigenvalue weighted by molar-refractivity contribution is 0.0768. The second-order valence-corrected chi connectivity index (χ2v) is 7.71. The molecule has 3 heterocycles. The Morgan fingerprint density at radius 2 is 2.00 bits per heavy atom. The van der Waals surface area contributed by atoms with E-state index < -0.39 is 0 Å². The number of carbonyl (C=O) groups excluding carboxylic acids is 1. The van der Waals surface area contributed by atoms with Crippen molar-refractivity contribution in [1.29, 1.82) is 0 Å². The molecule has 0 bridgehead atoms. The average Bonchev–Trinajstić information content (AvgIpc) is 3.33. The largest absolute Gasteiger partial charge is 0.336 e. The van der Waals surface area contributed by atoms with Crippen LogP contribution in [0.2, 0.25) is 0 Å². The molecule has 2 fully saturated rings. The molecule has 1 aromatic heterocycles. The lowest BCUT2D eigenvalue weighted by Gasteiger charge is -2.32. The topological polar surface area (TPSA) is 48.5 Å². The van der Waals surface area contributed by atoms with Crippen molar-refractivity contribution in [3.05, 3.63) is 52.0 Å². The Labute approximate surface area is 152 Å². The summed E-state index contributed by atoms with van der Waals surface area (Å²) >= 11 is 1.58. The number of nitrogens with one attached hydrogen (secondary N) is 1. The molecule has 25 heavy (non-hydrogen) atoms. The number of carbonyl (C=O) groups is 1. The summed E-state index contributed by atoms with van der Waals surface area (Å²) in [4.78, 5) is 21.9. The van der Waals surface area contributed by atoms with E-state index in [2.05, 4.69) is 27.3 Å². The molecule has 0 aliphatic carbocycles. The highest BCUT2D eigenvalue weighted by molar-refractivity contribution is 7.09. The van der Waals surface area contributed by atoms with E-state index in [-0.39, 0.29) is 5.91 Å². The SMILES string of the molecule is O=C(c1csc(Cc2ccccc2)n1)N1CCC(N2CCNCC2)C1. The third kappa shape index (κ3) is 3.92. The number of likely N-dealkylation sites (tertiary alicyclic amines) is 1. The van der Waals surface area contributed by atoms with E-state index in [1.807, 2.05) is 28.5 Å². The number of nitrogens with zero attached hydrogens (tertiary/aromatic N) is 3. The van der Waals surface area contributed by atoms with Crippen LogP contribution in [-0.4, -0.2) is 66.0 Å².